The van der Waals surface area contributed by atoms with E-state index in [4.69, 9.17) is 21.6 Å². The second kappa shape index (κ2) is 6.38. The first-order chi connectivity index (χ1) is 10.0. The van der Waals surface area contributed by atoms with Crippen molar-refractivity contribution in [1.82, 2.24) is 4.98 Å². The van der Waals surface area contributed by atoms with Gasteiger partial charge in [-0.1, -0.05) is 29.8 Å². The van der Waals surface area contributed by atoms with E-state index >= 15 is 0 Å². The third kappa shape index (κ3) is 3.59. The number of rotatable bonds is 3. The summed E-state index contributed by atoms with van der Waals surface area (Å²) < 4.78 is 5.01. The van der Waals surface area contributed by atoms with Crippen molar-refractivity contribution in [3.8, 4) is 6.07 Å². The molecule has 1 heterocycles. The second-order valence-electron chi connectivity index (χ2n) is 4.68. The minimum atomic E-state index is -0.670. The van der Waals surface area contributed by atoms with E-state index in [0.717, 1.165) is 10.9 Å². The van der Waals surface area contributed by atoms with Crippen LogP contribution in [0.2, 0.25) is 5.15 Å². The molecule has 0 saturated heterocycles. The van der Waals surface area contributed by atoms with Crippen molar-refractivity contribution in [3.63, 3.8) is 0 Å². The van der Waals surface area contributed by atoms with E-state index < -0.39 is 5.97 Å². The molecule has 106 valence electrons. The molecule has 0 saturated carbocycles. The average molecular weight is 301 g/mol. The van der Waals surface area contributed by atoms with Crippen LogP contribution in [0.1, 0.15) is 19.4 Å². The van der Waals surface area contributed by atoms with Crippen LogP contribution in [0.3, 0.4) is 0 Å². The van der Waals surface area contributed by atoms with Crippen molar-refractivity contribution < 1.29 is 9.53 Å². The molecule has 5 heteroatoms. The summed E-state index contributed by atoms with van der Waals surface area (Å²) in [6.07, 6.45) is 1.10. The topological polar surface area (TPSA) is 63.0 Å². The maximum atomic E-state index is 11.8. The van der Waals surface area contributed by atoms with Gasteiger partial charge in [-0.3, -0.25) is 0 Å². The van der Waals surface area contributed by atoms with Gasteiger partial charge < -0.3 is 4.74 Å². The molecule has 0 bridgehead atoms. The van der Waals surface area contributed by atoms with Crippen LogP contribution in [0.4, 0.5) is 0 Å². The van der Waals surface area contributed by atoms with Gasteiger partial charge in [0, 0.05) is 10.9 Å². The number of ether oxygens (including phenoxy) is 1. The normalized spacial score (nSPS) is 11.5. The van der Waals surface area contributed by atoms with Gasteiger partial charge in [-0.2, -0.15) is 5.26 Å². The smallest absolute Gasteiger partial charge is 0.349 e. The van der Waals surface area contributed by atoms with E-state index in [1.807, 2.05) is 30.3 Å². The molecule has 0 unspecified atom stereocenters. The average Bonchev–Trinajstić information content (AvgIpc) is 2.44. The van der Waals surface area contributed by atoms with Crippen molar-refractivity contribution in [3.05, 3.63) is 46.6 Å². The minimum absolute atomic E-state index is 0.109. The SMILES string of the molecule is CC(C)OC(=O)C(C#N)=Cc1cc2ccccc2nc1Cl. The Morgan fingerprint density at radius 2 is 2.14 bits per heavy atom. The maximum absolute atomic E-state index is 11.8. The van der Waals surface area contributed by atoms with Crippen molar-refractivity contribution in [2.24, 2.45) is 0 Å². The van der Waals surface area contributed by atoms with Gasteiger partial charge in [0.15, 0.2) is 0 Å². The molecule has 0 N–H and O–H groups in total. The minimum Gasteiger partial charge on any atom is -0.459 e. The largest absolute Gasteiger partial charge is 0.459 e. The molecule has 0 amide bonds. The molecule has 0 aliphatic carbocycles. The van der Waals surface area contributed by atoms with Crippen LogP contribution < -0.4 is 0 Å². The summed E-state index contributed by atoms with van der Waals surface area (Å²) in [5, 5.41) is 10.2. The third-order valence-corrected chi connectivity index (χ3v) is 2.99. The van der Waals surface area contributed by atoms with E-state index in [9.17, 15) is 4.79 Å². The Morgan fingerprint density at radius 1 is 1.43 bits per heavy atom. The van der Waals surface area contributed by atoms with Crippen LogP contribution in [0, 0.1) is 11.3 Å². The molecule has 0 spiro atoms. The number of pyridine rings is 1. The molecular weight excluding hydrogens is 288 g/mol. The Hall–Kier alpha value is -2.38. The lowest BCUT2D eigenvalue weighted by molar-refractivity contribution is -0.142. The molecule has 4 nitrogen and oxygen atoms in total. The number of nitrogens with zero attached hydrogens (tertiary/aromatic N) is 2. The summed E-state index contributed by atoms with van der Waals surface area (Å²) in [6, 6.07) is 11.1. The van der Waals surface area contributed by atoms with Gasteiger partial charge in [-0.05, 0) is 32.1 Å². The summed E-state index contributed by atoms with van der Waals surface area (Å²) in [5.41, 5.74) is 1.15. The van der Waals surface area contributed by atoms with Crippen LogP contribution in [-0.4, -0.2) is 17.1 Å². The number of nitriles is 1. The third-order valence-electron chi connectivity index (χ3n) is 2.69. The van der Waals surface area contributed by atoms with Crippen molar-refractivity contribution in [1.29, 1.82) is 5.26 Å². The van der Waals surface area contributed by atoms with E-state index in [0.29, 0.717) is 5.56 Å². The Labute approximate surface area is 127 Å². The first kappa shape index (κ1) is 15.0. The van der Waals surface area contributed by atoms with Crippen LogP contribution in [0.15, 0.2) is 35.9 Å². The first-order valence-corrected chi connectivity index (χ1v) is 6.77. The Bertz CT molecular complexity index is 760. The van der Waals surface area contributed by atoms with Gasteiger partial charge >= 0.3 is 5.97 Å². The summed E-state index contributed by atoms with van der Waals surface area (Å²) in [5.74, 6) is -0.670. The van der Waals surface area contributed by atoms with E-state index in [1.54, 1.807) is 19.9 Å². The number of benzene rings is 1. The molecule has 0 fully saturated rings. The molecule has 0 radical (unpaired) electrons. The van der Waals surface area contributed by atoms with Gasteiger partial charge in [-0.25, -0.2) is 9.78 Å². The predicted octanol–water partition coefficient (Wildman–Crippen LogP) is 3.75. The Balaban J connectivity index is 2.45. The van der Waals surface area contributed by atoms with Crippen LogP contribution in [0.5, 0.6) is 0 Å². The molecule has 2 aromatic rings. The van der Waals surface area contributed by atoms with E-state index in [-0.39, 0.29) is 16.8 Å². The number of fused-ring (bicyclic) bond motifs is 1. The molecule has 1 aromatic carbocycles. The lowest BCUT2D eigenvalue weighted by Gasteiger charge is -2.07. The maximum Gasteiger partial charge on any atom is 0.349 e. The highest BCUT2D eigenvalue weighted by atomic mass is 35.5. The number of para-hydroxylation sites is 1. The monoisotopic (exact) mass is 300 g/mol. The number of esters is 1. The summed E-state index contributed by atoms with van der Waals surface area (Å²) in [4.78, 5) is 16.0. The molecule has 2 rings (SSSR count). The molecule has 21 heavy (non-hydrogen) atoms. The highest BCUT2D eigenvalue weighted by Crippen LogP contribution is 2.22. The number of hydrogen-bond acceptors (Lipinski definition) is 4. The fraction of sp³-hybridized carbons (Fsp3) is 0.188. The van der Waals surface area contributed by atoms with Gasteiger partial charge in [-0.15, -0.1) is 0 Å². The zero-order valence-corrected chi connectivity index (χ0v) is 12.4. The zero-order chi connectivity index (χ0) is 15.4. The van der Waals surface area contributed by atoms with Crippen molar-refractivity contribution in [2.45, 2.75) is 20.0 Å². The predicted molar refractivity (Wildman–Crippen MR) is 81.6 cm³/mol. The van der Waals surface area contributed by atoms with Crippen LogP contribution >= 0.6 is 11.6 Å². The van der Waals surface area contributed by atoms with Crippen molar-refractivity contribution in [2.75, 3.05) is 0 Å². The molecule has 0 atom stereocenters. The number of carbonyl (C=O) groups is 1. The number of carbonyl (C=O) groups excluding carboxylic acids is 1. The molecule has 0 aliphatic heterocycles. The highest BCUT2D eigenvalue weighted by molar-refractivity contribution is 6.31. The Kier molecular flexibility index (Phi) is 4.56. The number of hydrogen-bond donors (Lipinski definition) is 0. The first-order valence-electron chi connectivity index (χ1n) is 6.39. The summed E-state index contributed by atoms with van der Waals surface area (Å²) in [6.45, 7) is 3.44. The van der Waals surface area contributed by atoms with Gasteiger partial charge in [0.2, 0.25) is 0 Å². The second-order valence-corrected chi connectivity index (χ2v) is 5.04. The summed E-state index contributed by atoms with van der Waals surface area (Å²) in [7, 11) is 0. The lowest BCUT2D eigenvalue weighted by atomic mass is 10.1. The quantitative estimate of drug-likeness (QED) is 0.375. The van der Waals surface area contributed by atoms with Crippen LogP contribution in [0.25, 0.3) is 17.0 Å². The zero-order valence-electron chi connectivity index (χ0n) is 11.6. The molecule has 1 aromatic heterocycles. The summed E-state index contributed by atoms with van der Waals surface area (Å²) >= 11 is 6.10. The lowest BCUT2D eigenvalue weighted by Crippen LogP contribution is -2.12. The molecule has 0 aliphatic rings. The van der Waals surface area contributed by atoms with Crippen LogP contribution in [-0.2, 0) is 9.53 Å². The van der Waals surface area contributed by atoms with Gasteiger partial charge in [0.1, 0.15) is 16.8 Å². The van der Waals surface area contributed by atoms with E-state index in [1.165, 1.54) is 6.08 Å². The van der Waals surface area contributed by atoms with Gasteiger partial charge in [0.25, 0.3) is 0 Å². The number of aromatic nitrogens is 1. The number of halogens is 1. The Morgan fingerprint density at radius 3 is 2.81 bits per heavy atom. The molecular formula is C16H13ClN2O2. The fourth-order valence-corrected chi connectivity index (χ4v) is 1.98. The van der Waals surface area contributed by atoms with E-state index in [2.05, 4.69) is 4.98 Å². The van der Waals surface area contributed by atoms with Gasteiger partial charge in [0.05, 0.1) is 11.6 Å². The fourth-order valence-electron chi connectivity index (χ4n) is 1.78. The van der Waals surface area contributed by atoms with Crippen molar-refractivity contribution >= 4 is 34.5 Å². The standard InChI is InChI=1S/C16H13ClN2O2/c1-10(2)21-16(20)13(9-18)8-12-7-11-5-3-4-6-14(11)19-15(12)17/h3-8,10H,1-2H3. The highest BCUT2D eigenvalue weighted by Gasteiger charge is 2.14.